The Kier molecular flexibility index (Phi) is 9.86. The zero-order valence-corrected chi connectivity index (χ0v) is 25.3. The average Bonchev–Trinajstić information content (AvgIpc) is 3.42. The Morgan fingerprint density at radius 1 is 0.854 bits per heavy atom. The maximum absolute atomic E-state index is 14.2. The Morgan fingerprint density at radius 3 is 2.05 bits per heavy atom. The SMILES string of the molecule is Cc1ccc(CN(C(=O)CN(c2cc(C)cc(C)c2)S(C)(=O)=O)[C@H](Cc2ccccc2)C(=O)NC2CCCC2)cc1. The second kappa shape index (κ2) is 13.3. The summed E-state index contributed by atoms with van der Waals surface area (Å²) in [4.78, 5) is 29.7. The highest BCUT2D eigenvalue weighted by molar-refractivity contribution is 7.92. The van der Waals surface area contributed by atoms with Gasteiger partial charge in [0.2, 0.25) is 21.8 Å². The van der Waals surface area contributed by atoms with Gasteiger partial charge in [0.25, 0.3) is 0 Å². The number of benzene rings is 3. The molecule has 4 rings (SSSR count). The molecule has 0 radical (unpaired) electrons. The number of nitrogens with one attached hydrogen (secondary N) is 1. The number of hydrogen-bond acceptors (Lipinski definition) is 4. The second-order valence-electron chi connectivity index (χ2n) is 11.3. The molecule has 0 heterocycles. The summed E-state index contributed by atoms with van der Waals surface area (Å²) in [5.41, 5.74) is 5.11. The van der Waals surface area contributed by atoms with E-state index in [-0.39, 0.29) is 18.5 Å². The highest BCUT2D eigenvalue weighted by Crippen LogP contribution is 2.24. The van der Waals surface area contributed by atoms with E-state index in [0.717, 1.165) is 64.1 Å². The second-order valence-corrected chi connectivity index (χ2v) is 13.2. The van der Waals surface area contributed by atoms with Crippen LogP contribution in [-0.4, -0.2) is 50.0 Å². The van der Waals surface area contributed by atoms with E-state index in [1.165, 1.54) is 0 Å². The van der Waals surface area contributed by atoms with Crippen LogP contribution in [0.25, 0.3) is 0 Å². The van der Waals surface area contributed by atoms with Gasteiger partial charge in [-0.1, -0.05) is 79.1 Å². The van der Waals surface area contributed by atoms with Gasteiger partial charge in [-0.15, -0.1) is 0 Å². The van der Waals surface area contributed by atoms with Gasteiger partial charge in [-0.3, -0.25) is 13.9 Å². The van der Waals surface area contributed by atoms with E-state index >= 15 is 0 Å². The molecule has 3 aromatic carbocycles. The third kappa shape index (κ3) is 8.43. The van der Waals surface area contributed by atoms with Crippen LogP contribution in [0.5, 0.6) is 0 Å². The smallest absolute Gasteiger partial charge is 0.244 e. The van der Waals surface area contributed by atoms with Crippen LogP contribution in [0.15, 0.2) is 72.8 Å². The van der Waals surface area contributed by atoms with Gasteiger partial charge in [-0.2, -0.15) is 0 Å². The molecule has 1 N–H and O–H groups in total. The van der Waals surface area contributed by atoms with Crippen LogP contribution in [0, 0.1) is 20.8 Å². The fraction of sp³-hybridized carbons (Fsp3) is 0.394. The van der Waals surface area contributed by atoms with Crippen molar-refractivity contribution in [2.24, 2.45) is 0 Å². The number of nitrogens with zero attached hydrogens (tertiary/aromatic N) is 2. The maximum atomic E-state index is 14.2. The third-order valence-electron chi connectivity index (χ3n) is 7.62. The molecular formula is C33H41N3O4S. The molecule has 0 bridgehead atoms. The largest absolute Gasteiger partial charge is 0.352 e. The molecule has 7 nitrogen and oxygen atoms in total. The Labute approximate surface area is 244 Å². The zero-order valence-electron chi connectivity index (χ0n) is 24.5. The van der Waals surface area contributed by atoms with E-state index in [4.69, 9.17) is 0 Å². The lowest BCUT2D eigenvalue weighted by atomic mass is 10.0. The van der Waals surface area contributed by atoms with Crippen molar-refractivity contribution < 1.29 is 18.0 Å². The minimum Gasteiger partial charge on any atom is -0.352 e. The van der Waals surface area contributed by atoms with Crippen LogP contribution < -0.4 is 9.62 Å². The average molecular weight is 576 g/mol. The van der Waals surface area contributed by atoms with Gasteiger partial charge < -0.3 is 10.2 Å². The lowest BCUT2D eigenvalue weighted by molar-refractivity contribution is -0.140. The van der Waals surface area contributed by atoms with Crippen LogP contribution in [-0.2, 0) is 32.6 Å². The van der Waals surface area contributed by atoms with Crippen molar-refractivity contribution in [3.05, 3.63) is 101 Å². The van der Waals surface area contributed by atoms with Crippen molar-refractivity contribution in [2.45, 2.75) is 71.5 Å². The first-order valence-corrected chi connectivity index (χ1v) is 16.1. The van der Waals surface area contributed by atoms with E-state index in [0.29, 0.717) is 12.1 Å². The number of amides is 2. The molecule has 0 aromatic heterocycles. The topological polar surface area (TPSA) is 86.8 Å². The van der Waals surface area contributed by atoms with Gasteiger partial charge in [-0.05, 0) is 68.0 Å². The molecule has 3 aromatic rings. The Balaban J connectivity index is 1.73. The highest BCUT2D eigenvalue weighted by atomic mass is 32.2. The molecule has 0 spiro atoms. The summed E-state index contributed by atoms with van der Waals surface area (Å²) in [5.74, 6) is -0.642. The first kappa shape index (κ1) is 30.3. The quantitative estimate of drug-likeness (QED) is 0.346. The molecule has 2 amide bonds. The molecule has 1 atom stereocenters. The fourth-order valence-electron chi connectivity index (χ4n) is 5.52. The number of carbonyl (C=O) groups excluding carboxylic acids is 2. The van der Waals surface area contributed by atoms with Crippen molar-refractivity contribution in [1.82, 2.24) is 10.2 Å². The standard InChI is InChI=1S/C33H41N3O4S/c1-24-14-16-28(17-15-24)22-35(32(37)23-36(41(4,39)40)30-19-25(2)18-26(3)20-30)31(21-27-10-6-5-7-11-27)33(38)34-29-12-8-9-13-29/h5-7,10-11,14-20,29,31H,8-9,12-13,21-23H2,1-4H3,(H,34,38)/t31-/m1/s1. The summed E-state index contributed by atoms with van der Waals surface area (Å²) in [6, 6.07) is 22.2. The molecule has 0 aliphatic heterocycles. The van der Waals surface area contributed by atoms with Crippen molar-refractivity contribution in [2.75, 3.05) is 17.1 Å². The summed E-state index contributed by atoms with van der Waals surface area (Å²) in [6.07, 6.45) is 5.41. The predicted molar refractivity (Wildman–Crippen MR) is 164 cm³/mol. The van der Waals surface area contributed by atoms with E-state index in [1.807, 2.05) is 81.4 Å². The summed E-state index contributed by atoms with van der Waals surface area (Å²) in [5, 5.41) is 3.19. The highest BCUT2D eigenvalue weighted by Gasteiger charge is 2.34. The van der Waals surface area contributed by atoms with Gasteiger partial charge in [0.1, 0.15) is 12.6 Å². The molecule has 1 saturated carbocycles. The first-order chi connectivity index (χ1) is 19.5. The van der Waals surface area contributed by atoms with Crippen molar-refractivity contribution in [3.63, 3.8) is 0 Å². The number of rotatable bonds is 11. The monoisotopic (exact) mass is 575 g/mol. The summed E-state index contributed by atoms with van der Waals surface area (Å²) in [7, 11) is -3.80. The van der Waals surface area contributed by atoms with E-state index in [9.17, 15) is 18.0 Å². The third-order valence-corrected chi connectivity index (χ3v) is 8.76. The van der Waals surface area contributed by atoms with Crippen molar-refractivity contribution in [3.8, 4) is 0 Å². The summed E-state index contributed by atoms with van der Waals surface area (Å²) in [6.45, 7) is 5.56. The fourth-order valence-corrected chi connectivity index (χ4v) is 6.35. The van der Waals surface area contributed by atoms with Crippen LogP contribution in [0.1, 0.15) is 53.5 Å². The summed E-state index contributed by atoms with van der Waals surface area (Å²) >= 11 is 0. The van der Waals surface area contributed by atoms with Gasteiger partial charge >= 0.3 is 0 Å². The van der Waals surface area contributed by atoms with Gasteiger partial charge in [-0.25, -0.2) is 8.42 Å². The lowest BCUT2D eigenvalue weighted by Crippen LogP contribution is -2.54. The molecule has 8 heteroatoms. The Hall–Kier alpha value is -3.65. The van der Waals surface area contributed by atoms with Crippen LogP contribution >= 0.6 is 0 Å². The number of aryl methyl sites for hydroxylation is 3. The lowest BCUT2D eigenvalue weighted by Gasteiger charge is -2.34. The van der Waals surface area contributed by atoms with Crippen LogP contribution in [0.2, 0.25) is 0 Å². The zero-order chi connectivity index (χ0) is 29.6. The van der Waals surface area contributed by atoms with Gasteiger partial charge in [0, 0.05) is 19.0 Å². The van der Waals surface area contributed by atoms with Crippen molar-refractivity contribution >= 4 is 27.5 Å². The molecule has 0 saturated heterocycles. The van der Waals surface area contributed by atoms with E-state index in [2.05, 4.69) is 5.32 Å². The summed E-state index contributed by atoms with van der Waals surface area (Å²) < 4.78 is 27.2. The minimum absolute atomic E-state index is 0.0832. The van der Waals surface area contributed by atoms with Crippen LogP contribution in [0.3, 0.4) is 0 Å². The number of anilines is 1. The molecular weight excluding hydrogens is 534 g/mol. The Bertz CT molecular complexity index is 1430. The number of sulfonamides is 1. The van der Waals surface area contributed by atoms with Gasteiger partial charge in [0.15, 0.2) is 0 Å². The number of carbonyl (C=O) groups is 2. The molecule has 1 aliphatic carbocycles. The van der Waals surface area contributed by atoms with Crippen molar-refractivity contribution in [1.29, 1.82) is 0 Å². The maximum Gasteiger partial charge on any atom is 0.244 e. The normalized spacial score (nSPS) is 14.4. The van der Waals surface area contributed by atoms with E-state index in [1.54, 1.807) is 17.0 Å². The van der Waals surface area contributed by atoms with Gasteiger partial charge in [0.05, 0.1) is 11.9 Å². The number of hydrogen-bond donors (Lipinski definition) is 1. The molecule has 1 aliphatic rings. The van der Waals surface area contributed by atoms with Crippen LogP contribution in [0.4, 0.5) is 5.69 Å². The minimum atomic E-state index is -3.80. The predicted octanol–water partition coefficient (Wildman–Crippen LogP) is 5.08. The van der Waals surface area contributed by atoms with E-state index < -0.39 is 28.5 Å². The first-order valence-electron chi connectivity index (χ1n) is 14.2. The Morgan fingerprint density at radius 2 is 1.46 bits per heavy atom. The molecule has 0 unspecified atom stereocenters. The molecule has 1 fully saturated rings. The molecule has 218 valence electrons. The molecule has 41 heavy (non-hydrogen) atoms.